The van der Waals surface area contributed by atoms with Crippen molar-refractivity contribution in [1.29, 1.82) is 0 Å². The van der Waals surface area contributed by atoms with Crippen molar-refractivity contribution in [2.45, 2.75) is 39.3 Å². The number of rotatable bonds is 5. The summed E-state index contributed by atoms with van der Waals surface area (Å²) in [7, 11) is 0. The molecule has 25 heavy (non-hydrogen) atoms. The Kier molecular flexibility index (Phi) is 5.01. The Hall–Kier alpha value is -2.44. The Balaban J connectivity index is 1.61. The van der Waals surface area contributed by atoms with Gasteiger partial charge in [-0.1, -0.05) is 0 Å². The monoisotopic (exact) mass is 349 g/mol. The molecule has 5 nitrogen and oxygen atoms in total. The number of ether oxygens (including phenoxy) is 1. The summed E-state index contributed by atoms with van der Waals surface area (Å²) in [6, 6.07) is 5.08. The van der Waals surface area contributed by atoms with Crippen LogP contribution in [-0.4, -0.2) is 39.8 Å². The molecule has 1 unspecified atom stereocenters. The van der Waals surface area contributed by atoms with Crippen molar-refractivity contribution < 1.29 is 18.3 Å². The van der Waals surface area contributed by atoms with Crippen LogP contribution < -0.4 is 4.74 Å². The van der Waals surface area contributed by atoms with E-state index in [0.29, 0.717) is 13.1 Å². The van der Waals surface area contributed by atoms with Crippen LogP contribution in [0.4, 0.5) is 8.78 Å². The number of aromatic nitrogens is 2. The van der Waals surface area contributed by atoms with Gasteiger partial charge in [0, 0.05) is 18.3 Å². The summed E-state index contributed by atoms with van der Waals surface area (Å²) in [6.45, 7) is 4.94. The summed E-state index contributed by atoms with van der Waals surface area (Å²) in [5.41, 5.74) is 2.00. The summed E-state index contributed by atoms with van der Waals surface area (Å²) in [6.07, 6.45) is 1.82. The van der Waals surface area contributed by atoms with Gasteiger partial charge >= 0.3 is 0 Å². The van der Waals surface area contributed by atoms with E-state index in [0.717, 1.165) is 36.4 Å². The lowest BCUT2D eigenvalue weighted by atomic mass is 10.2. The predicted molar refractivity (Wildman–Crippen MR) is 88.3 cm³/mol. The first-order valence-corrected chi connectivity index (χ1v) is 8.32. The van der Waals surface area contributed by atoms with E-state index < -0.39 is 11.6 Å². The number of nitrogens with zero attached hydrogens (tertiary/aromatic N) is 3. The van der Waals surface area contributed by atoms with Gasteiger partial charge in [0.1, 0.15) is 5.82 Å². The fourth-order valence-corrected chi connectivity index (χ4v) is 3.23. The van der Waals surface area contributed by atoms with Crippen LogP contribution in [0.5, 0.6) is 5.75 Å². The lowest BCUT2D eigenvalue weighted by molar-refractivity contribution is -0.134. The molecule has 1 atom stereocenters. The van der Waals surface area contributed by atoms with Crippen molar-refractivity contribution in [3.05, 3.63) is 47.3 Å². The molecule has 0 spiro atoms. The Morgan fingerprint density at radius 3 is 2.80 bits per heavy atom. The molecular formula is C18H21F2N3O2. The first-order chi connectivity index (χ1) is 11.9. The highest BCUT2D eigenvalue weighted by atomic mass is 19.1. The van der Waals surface area contributed by atoms with E-state index in [1.54, 1.807) is 4.90 Å². The molecule has 0 bridgehead atoms. The normalized spacial score (nSPS) is 17.1. The standard InChI is InChI=1S/C18H21F2N3O2/c1-12-8-13(2)23(21-12)10-15-4-3-7-22(15)18(24)11-25-17-6-5-14(19)9-16(17)20/h5-6,8-9,15H,3-4,7,10-11H2,1-2H3. The van der Waals surface area contributed by atoms with Gasteiger partial charge in [0.25, 0.3) is 5.91 Å². The van der Waals surface area contributed by atoms with Crippen LogP contribution in [0.3, 0.4) is 0 Å². The third kappa shape index (κ3) is 3.97. The number of amides is 1. The molecule has 2 aromatic rings. The molecule has 0 saturated carbocycles. The minimum absolute atomic E-state index is 0.0483. The smallest absolute Gasteiger partial charge is 0.260 e. The first kappa shape index (κ1) is 17.4. The predicted octanol–water partition coefficient (Wildman–Crippen LogP) is 2.85. The Bertz CT molecular complexity index is 776. The van der Waals surface area contributed by atoms with Crippen molar-refractivity contribution in [1.82, 2.24) is 14.7 Å². The quantitative estimate of drug-likeness (QED) is 0.834. The number of aryl methyl sites for hydroxylation is 2. The van der Waals surface area contributed by atoms with Crippen molar-refractivity contribution in [3.8, 4) is 5.75 Å². The van der Waals surface area contributed by atoms with E-state index in [2.05, 4.69) is 5.10 Å². The molecule has 2 heterocycles. The van der Waals surface area contributed by atoms with E-state index in [1.807, 2.05) is 24.6 Å². The molecular weight excluding hydrogens is 328 g/mol. The summed E-state index contributed by atoms with van der Waals surface area (Å²) in [5, 5.41) is 4.44. The Labute approximate surface area is 145 Å². The number of hydrogen-bond acceptors (Lipinski definition) is 3. The minimum Gasteiger partial charge on any atom is -0.481 e. The molecule has 1 saturated heterocycles. The summed E-state index contributed by atoms with van der Waals surface area (Å²) >= 11 is 0. The van der Waals surface area contributed by atoms with E-state index >= 15 is 0 Å². The van der Waals surface area contributed by atoms with Crippen LogP contribution >= 0.6 is 0 Å². The lowest BCUT2D eigenvalue weighted by Gasteiger charge is -2.25. The van der Waals surface area contributed by atoms with Gasteiger partial charge in [-0.25, -0.2) is 8.78 Å². The number of benzene rings is 1. The lowest BCUT2D eigenvalue weighted by Crippen LogP contribution is -2.41. The zero-order chi connectivity index (χ0) is 18.0. The second kappa shape index (κ2) is 7.21. The van der Waals surface area contributed by atoms with Crippen molar-refractivity contribution in [2.24, 2.45) is 0 Å². The molecule has 1 aliphatic rings. The molecule has 1 aromatic heterocycles. The van der Waals surface area contributed by atoms with Crippen molar-refractivity contribution >= 4 is 5.91 Å². The second-order valence-electron chi connectivity index (χ2n) is 6.36. The molecule has 3 rings (SSSR count). The third-order valence-corrected chi connectivity index (χ3v) is 4.43. The fraction of sp³-hybridized carbons (Fsp3) is 0.444. The van der Waals surface area contributed by atoms with Gasteiger partial charge in [-0.05, 0) is 44.9 Å². The molecule has 7 heteroatoms. The summed E-state index contributed by atoms with van der Waals surface area (Å²) in [4.78, 5) is 14.2. The number of halogens is 2. The molecule has 0 N–H and O–H groups in total. The fourth-order valence-electron chi connectivity index (χ4n) is 3.23. The zero-order valence-electron chi connectivity index (χ0n) is 14.3. The molecule has 1 aliphatic heterocycles. The first-order valence-electron chi connectivity index (χ1n) is 8.32. The third-order valence-electron chi connectivity index (χ3n) is 4.43. The minimum atomic E-state index is -0.812. The number of carbonyl (C=O) groups is 1. The van der Waals surface area contributed by atoms with Gasteiger partial charge in [-0.2, -0.15) is 5.10 Å². The van der Waals surface area contributed by atoms with Gasteiger partial charge < -0.3 is 9.64 Å². The second-order valence-corrected chi connectivity index (χ2v) is 6.36. The van der Waals surface area contributed by atoms with Crippen molar-refractivity contribution in [2.75, 3.05) is 13.2 Å². The van der Waals surface area contributed by atoms with Crippen LogP contribution in [0.15, 0.2) is 24.3 Å². The molecule has 0 aliphatic carbocycles. The van der Waals surface area contributed by atoms with Gasteiger partial charge in [-0.3, -0.25) is 9.48 Å². The van der Waals surface area contributed by atoms with E-state index in [4.69, 9.17) is 4.74 Å². The highest BCUT2D eigenvalue weighted by Gasteiger charge is 2.29. The molecule has 1 aromatic carbocycles. The maximum Gasteiger partial charge on any atom is 0.260 e. The van der Waals surface area contributed by atoms with Gasteiger partial charge in [-0.15, -0.1) is 0 Å². The average molecular weight is 349 g/mol. The van der Waals surface area contributed by atoms with Crippen LogP contribution in [0.1, 0.15) is 24.2 Å². The largest absolute Gasteiger partial charge is 0.481 e. The van der Waals surface area contributed by atoms with E-state index in [9.17, 15) is 13.6 Å². The van der Waals surface area contributed by atoms with Gasteiger partial charge in [0.15, 0.2) is 18.2 Å². The number of hydrogen-bond donors (Lipinski definition) is 0. The van der Waals surface area contributed by atoms with Crippen LogP contribution in [0.25, 0.3) is 0 Å². The Morgan fingerprint density at radius 2 is 2.12 bits per heavy atom. The maximum absolute atomic E-state index is 13.6. The SMILES string of the molecule is Cc1cc(C)n(CC2CCCN2C(=O)COc2ccc(F)cc2F)n1. The highest BCUT2D eigenvalue weighted by Crippen LogP contribution is 2.21. The number of carbonyl (C=O) groups excluding carboxylic acids is 1. The number of likely N-dealkylation sites (tertiary alicyclic amines) is 1. The molecule has 1 amide bonds. The van der Waals surface area contributed by atoms with Crippen LogP contribution in [0.2, 0.25) is 0 Å². The van der Waals surface area contributed by atoms with Gasteiger partial charge in [0.2, 0.25) is 0 Å². The van der Waals surface area contributed by atoms with Crippen LogP contribution in [-0.2, 0) is 11.3 Å². The summed E-state index contributed by atoms with van der Waals surface area (Å²) < 4.78 is 33.6. The molecule has 1 fully saturated rings. The molecule has 0 radical (unpaired) electrons. The zero-order valence-corrected chi connectivity index (χ0v) is 14.3. The maximum atomic E-state index is 13.6. The van der Waals surface area contributed by atoms with Crippen molar-refractivity contribution in [3.63, 3.8) is 0 Å². The molecule has 134 valence electrons. The summed E-state index contributed by atoms with van der Waals surface area (Å²) in [5.74, 6) is -1.81. The highest BCUT2D eigenvalue weighted by molar-refractivity contribution is 5.78. The Morgan fingerprint density at radius 1 is 1.32 bits per heavy atom. The average Bonchev–Trinajstić information content (AvgIpc) is 3.13. The van der Waals surface area contributed by atoms with E-state index in [1.165, 1.54) is 6.07 Å². The van der Waals surface area contributed by atoms with E-state index in [-0.39, 0.29) is 24.3 Å². The van der Waals surface area contributed by atoms with Crippen LogP contribution in [0, 0.1) is 25.5 Å². The topological polar surface area (TPSA) is 47.4 Å². The van der Waals surface area contributed by atoms with Gasteiger partial charge in [0.05, 0.1) is 18.3 Å².